The first-order chi connectivity index (χ1) is 9.10. The fraction of sp³-hybridized carbons (Fsp3) is 0.133. The predicted octanol–water partition coefficient (Wildman–Crippen LogP) is 3.63. The minimum absolute atomic E-state index is 0.200. The van der Waals surface area contributed by atoms with Gasteiger partial charge in [0, 0.05) is 11.4 Å². The smallest absolute Gasteiger partial charge is 0.123 e. The minimum Gasteiger partial charge on any atom is -0.388 e. The molecule has 0 radical (unpaired) electrons. The molecule has 0 aliphatic heterocycles. The Labute approximate surface area is 115 Å². The maximum Gasteiger partial charge on any atom is 0.123 e. The number of aliphatic hydroxyl groups excluding tert-OH is 1. The summed E-state index contributed by atoms with van der Waals surface area (Å²) >= 11 is 5.96. The molecule has 96 valence electrons. The van der Waals surface area contributed by atoms with Crippen LogP contribution in [0.2, 0.25) is 5.02 Å². The van der Waals surface area contributed by atoms with Crippen molar-refractivity contribution in [2.45, 2.75) is 12.5 Å². The summed E-state index contributed by atoms with van der Waals surface area (Å²) in [6.07, 6.45) is -0.626. The van der Waals surface area contributed by atoms with Crippen molar-refractivity contribution in [2.75, 3.05) is 0 Å². The van der Waals surface area contributed by atoms with E-state index < -0.39 is 11.9 Å². The van der Waals surface area contributed by atoms with Gasteiger partial charge in [-0.3, -0.25) is 0 Å². The van der Waals surface area contributed by atoms with Crippen molar-refractivity contribution in [2.24, 2.45) is 0 Å². The molecule has 0 aliphatic carbocycles. The molecule has 19 heavy (non-hydrogen) atoms. The molecule has 2 aromatic carbocycles. The first-order valence-electron chi connectivity index (χ1n) is 5.72. The van der Waals surface area contributed by atoms with Gasteiger partial charge in [-0.05, 0) is 41.5 Å². The van der Waals surface area contributed by atoms with E-state index in [0.29, 0.717) is 21.7 Å². The van der Waals surface area contributed by atoms with Crippen molar-refractivity contribution in [1.29, 1.82) is 5.26 Å². The summed E-state index contributed by atoms with van der Waals surface area (Å²) in [4.78, 5) is 0. The second kappa shape index (κ2) is 5.83. The van der Waals surface area contributed by atoms with Gasteiger partial charge in [0.25, 0.3) is 0 Å². The number of rotatable bonds is 3. The summed E-state index contributed by atoms with van der Waals surface area (Å²) in [5.41, 5.74) is 1.62. The van der Waals surface area contributed by atoms with Crippen LogP contribution >= 0.6 is 11.6 Å². The van der Waals surface area contributed by atoms with Crippen LogP contribution in [0.1, 0.15) is 22.8 Å². The third-order valence-corrected chi connectivity index (χ3v) is 3.19. The number of nitrogens with zero attached hydrogens (tertiary/aromatic N) is 1. The van der Waals surface area contributed by atoms with Crippen molar-refractivity contribution in [3.05, 3.63) is 70.0 Å². The van der Waals surface area contributed by atoms with Gasteiger partial charge in [0.15, 0.2) is 0 Å². The Morgan fingerprint density at radius 1 is 1.26 bits per heavy atom. The molecule has 2 aromatic rings. The second-order valence-electron chi connectivity index (χ2n) is 4.19. The predicted molar refractivity (Wildman–Crippen MR) is 71.2 cm³/mol. The standard InChI is InChI=1S/C15H11ClFNO/c16-14-5-4-13(17)7-12(14)8-15(19)11-3-1-2-10(6-11)9-18/h1-7,15,19H,8H2. The van der Waals surface area contributed by atoms with Gasteiger partial charge in [0.2, 0.25) is 0 Å². The van der Waals surface area contributed by atoms with Crippen molar-refractivity contribution in [3.8, 4) is 6.07 Å². The lowest BCUT2D eigenvalue weighted by Gasteiger charge is -2.12. The molecule has 0 aliphatic rings. The first kappa shape index (κ1) is 13.5. The van der Waals surface area contributed by atoms with Crippen LogP contribution in [0.25, 0.3) is 0 Å². The fourth-order valence-corrected chi connectivity index (χ4v) is 2.04. The Bertz CT molecular complexity index is 636. The maximum atomic E-state index is 13.1. The van der Waals surface area contributed by atoms with Gasteiger partial charge >= 0.3 is 0 Å². The molecule has 1 N–H and O–H groups in total. The highest BCUT2D eigenvalue weighted by Gasteiger charge is 2.12. The van der Waals surface area contributed by atoms with Crippen LogP contribution in [0, 0.1) is 17.1 Å². The molecular weight excluding hydrogens is 265 g/mol. The lowest BCUT2D eigenvalue weighted by atomic mass is 10.00. The average Bonchev–Trinajstić information content (AvgIpc) is 2.43. The van der Waals surface area contributed by atoms with E-state index in [4.69, 9.17) is 16.9 Å². The maximum absolute atomic E-state index is 13.1. The number of hydrogen-bond donors (Lipinski definition) is 1. The van der Waals surface area contributed by atoms with Crippen molar-refractivity contribution in [3.63, 3.8) is 0 Å². The van der Waals surface area contributed by atoms with Gasteiger partial charge < -0.3 is 5.11 Å². The molecule has 1 unspecified atom stereocenters. The zero-order valence-electron chi connectivity index (χ0n) is 9.98. The normalized spacial score (nSPS) is 11.9. The summed E-state index contributed by atoms with van der Waals surface area (Å²) in [7, 11) is 0. The highest BCUT2D eigenvalue weighted by atomic mass is 35.5. The Morgan fingerprint density at radius 3 is 2.79 bits per heavy atom. The second-order valence-corrected chi connectivity index (χ2v) is 4.60. The van der Waals surface area contributed by atoms with Crippen LogP contribution in [0.15, 0.2) is 42.5 Å². The van der Waals surface area contributed by atoms with E-state index in [-0.39, 0.29) is 6.42 Å². The molecule has 2 rings (SSSR count). The number of hydrogen-bond acceptors (Lipinski definition) is 2. The van der Waals surface area contributed by atoms with E-state index in [1.54, 1.807) is 24.3 Å². The van der Waals surface area contributed by atoms with Gasteiger partial charge in [0.1, 0.15) is 5.82 Å². The highest BCUT2D eigenvalue weighted by molar-refractivity contribution is 6.31. The van der Waals surface area contributed by atoms with Crippen molar-refractivity contribution in [1.82, 2.24) is 0 Å². The molecule has 0 spiro atoms. The average molecular weight is 276 g/mol. The van der Waals surface area contributed by atoms with Crippen molar-refractivity contribution >= 4 is 11.6 Å². The Hall–Kier alpha value is -1.89. The first-order valence-corrected chi connectivity index (χ1v) is 6.10. The topological polar surface area (TPSA) is 44.0 Å². The third-order valence-electron chi connectivity index (χ3n) is 2.82. The van der Waals surface area contributed by atoms with E-state index in [1.807, 2.05) is 6.07 Å². The zero-order valence-corrected chi connectivity index (χ0v) is 10.7. The SMILES string of the molecule is N#Cc1cccc(C(O)Cc2cc(F)ccc2Cl)c1. The number of halogens is 2. The van der Waals surface area contributed by atoms with E-state index in [0.717, 1.165) is 0 Å². The summed E-state index contributed by atoms with van der Waals surface area (Å²) in [5.74, 6) is -0.391. The quantitative estimate of drug-likeness (QED) is 0.930. The van der Waals surface area contributed by atoms with E-state index in [2.05, 4.69) is 0 Å². The third kappa shape index (κ3) is 3.31. The Balaban J connectivity index is 2.23. The van der Waals surface area contributed by atoms with Crippen LogP contribution in [0.5, 0.6) is 0 Å². The van der Waals surface area contributed by atoms with Crippen LogP contribution in [0.3, 0.4) is 0 Å². The molecule has 4 heteroatoms. The molecular formula is C15H11ClFNO. The molecule has 1 atom stereocenters. The molecule has 0 saturated heterocycles. The van der Waals surface area contributed by atoms with Gasteiger partial charge in [-0.2, -0.15) is 5.26 Å². The molecule has 0 bridgehead atoms. The van der Waals surface area contributed by atoms with Crippen LogP contribution in [0.4, 0.5) is 4.39 Å². The van der Waals surface area contributed by atoms with Gasteiger partial charge in [0.05, 0.1) is 17.7 Å². The monoisotopic (exact) mass is 275 g/mol. The summed E-state index contributed by atoms with van der Waals surface area (Å²) in [6.45, 7) is 0. The molecule has 0 fully saturated rings. The van der Waals surface area contributed by atoms with Crippen LogP contribution < -0.4 is 0 Å². The Kier molecular flexibility index (Phi) is 4.16. The lowest BCUT2D eigenvalue weighted by Crippen LogP contribution is -2.03. The number of aliphatic hydroxyl groups is 1. The van der Waals surface area contributed by atoms with E-state index in [1.165, 1.54) is 18.2 Å². The van der Waals surface area contributed by atoms with Crippen LogP contribution in [-0.4, -0.2) is 5.11 Å². The van der Waals surface area contributed by atoms with Gasteiger partial charge in [-0.1, -0.05) is 23.7 Å². The van der Waals surface area contributed by atoms with Crippen LogP contribution in [-0.2, 0) is 6.42 Å². The largest absolute Gasteiger partial charge is 0.388 e. The highest BCUT2D eigenvalue weighted by Crippen LogP contribution is 2.24. The number of benzene rings is 2. The number of nitriles is 1. The summed E-state index contributed by atoms with van der Waals surface area (Å²) in [5, 5.41) is 19.3. The zero-order chi connectivity index (χ0) is 13.8. The van der Waals surface area contributed by atoms with E-state index >= 15 is 0 Å². The fourth-order valence-electron chi connectivity index (χ4n) is 1.84. The van der Waals surface area contributed by atoms with Gasteiger partial charge in [-0.15, -0.1) is 0 Å². The summed E-state index contributed by atoms with van der Waals surface area (Å²) < 4.78 is 13.1. The molecule has 0 aromatic heterocycles. The van der Waals surface area contributed by atoms with Gasteiger partial charge in [-0.25, -0.2) is 4.39 Å². The molecule has 0 saturated carbocycles. The summed E-state index contributed by atoms with van der Waals surface area (Å²) in [6, 6.07) is 12.7. The Morgan fingerprint density at radius 2 is 2.05 bits per heavy atom. The molecule has 0 heterocycles. The van der Waals surface area contributed by atoms with Crippen molar-refractivity contribution < 1.29 is 9.50 Å². The molecule has 0 amide bonds. The minimum atomic E-state index is -0.826. The lowest BCUT2D eigenvalue weighted by molar-refractivity contribution is 0.178. The molecule has 2 nitrogen and oxygen atoms in total. The van der Waals surface area contributed by atoms with E-state index in [9.17, 15) is 9.50 Å².